The van der Waals surface area contributed by atoms with E-state index in [2.05, 4.69) is 95.8 Å². The minimum Gasteiger partial charge on any atom is -0.201 e. The number of aryl methyl sites for hydroxylation is 3. The maximum Gasteiger partial charge on any atom is 0.213 e. The van der Waals surface area contributed by atoms with Crippen LogP contribution in [0.2, 0.25) is 0 Å². The van der Waals surface area contributed by atoms with Gasteiger partial charge in [0.2, 0.25) is 5.69 Å². The highest BCUT2D eigenvalue weighted by atomic mass is 14.9. The van der Waals surface area contributed by atoms with Crippen LogP contribution >= 0.6 is 0 Å². The van der Waals surface area contributed by atoms with Crippen LogP contribution in [-0.4, -0.2) is 0 Å². The van der Waals surface area contributed by atoms with Crippen molar-refractivity contribution in [2.45, 2.75) is 71.6 Å². The van der Waals surface area contributed by atoms with E-state index in [1.165, 1.54) is 68.6 Å². The second kappa shape index (κ2) is 6.30. The molecule has 2 aliphatic rings. The Kier molecular flexibility index (Phi) is 4.10. The van der Waals surface area contributed by atoms with Crippen LogP contribution in [0.15, 0.2) is 42.6 Å². The third-order valence-electron chi connectivity index (χ3n) is 7.88. The molecule has 5 rings (SSSR count). The number of nitrogens with zero attached hydrogens (tertiary/aromatic N) is 1. The van der Waals surface area contributed by atoms with Gasteiger partial charge in [-0.25, -0.2) is 4.57 Å². The molecule has 0 spiro atoms. The molecule has 0 bridgehead atoms. The summed E-state index contributed by atoms with van der Waals surface area (Å²) in [5.74, 6) is 0. The first kappa shape index (κ1) is 19.5. The Morgan fingerprint density at radius 3 is 2.20 bits per heavy atom. The van der Waals surface area contributed by atoms with Crippen molar-refractivity contribution in [1.82, 2.24) is 0 Å². The van der Waals surface area contributed by atoms with Gasteiger partial charge in [-0.2, -0.15) is 0 Å². The van der Waals surface area contributed by atoms with Crippen molar-refractivity contribution < 1.29 is 4.57 Å². The monoisotopic (exact) mass is 396 g/mol. The number of benzene rings is 2. The molecule has 0 atom stereocenters. The smallest absolute Gasteiger partial charge is 0.201 e. The average molecular weight is 397 g/mol. The molecule has 0 N–H and O–H groups in total. The van der Waals surface area contributed by atoms with E-state index in [4.69, 9.17) is 0 Å². The Morgan fingerprint density at radius 2 is 1.47 bits per heavy atom. The first-order valence-electron chi connectivity index (χ1n) is 11.4. The van der Waals surface area contributed by atoms with E-state index in [9.17, 15) is 0 Å². The quantitative estimate of drug-likeness (QED) is 0.315. The summed E-state index contributed by atoms with van der Waals surface area (Å²) in [5, 5.41) is 0. The lowest BCUT2D eigenvalue weighted by Gasteiger charge is -2.40. The molecule has 30 heavy (non-hydrogen) atoms. The van der Waals surface area contributed by atoms with E-state index in [0.29, 0.717) is 0 Å². The summed E-state index contributed by atoms with van der Waals surface area (Å²) in [4.78, 5) is 0. The molecule has 0 amide bonds. The van der Waals surface area contributed by atoms with E-state index in [1.807, 2.05) is 0 Å². The van der Waals surface area contributed by atoms with Gasteiger partial charge < -0.3 is 0 Å². The molecule has 0 saturated heterocycles. The molecule has 0 radical (unpaired) electrons. The molecule has 154 valence electrons. The maximum absolute atomic E-state index is 2.52. The third kappa shape index (κ3) is 2.71. The summed E-state index contributed by atoms with van der Waals surface area (Å²) in [6.07, 6.45) is 5.96. The van der Waals surface area contributed by atoms with Gasteiger partial charge in [-0.1, -0.05) is 58.0 Å². The fourth-order valence-corrected chi connectivity index (χ4v) is 5.88. The summed E-state index contributed by atoms with van der Waals surface area (Å²) in [6.45, 7) is 14.2. The standard InChI is InChI=1S/C29H34N/c1-18-9-8-10-20-15-22-21(26(18)20)12-11-19(2)27(22)25-16-23-24(17-30(25)7)29(5,6)14-13-28(23,3)4/h8-12,16-17H,13-15H2,1-7H3/q+1. The van der Waals surface area contributed by atoms with Gasteiger partial charge in [-0.3, -0.25) is 0 Å². The van der Waals surface area contributed by atoms with Crippen LogP contribution in [0.3, 0.4) is 0 Å². The van der Waals surface area contributed by atoms with Gasteiger partial charge >= 0.3 is 0 Å². The molecule has 2 aromatic carbocycles. The first-order chi connectivity index (χ1) is 14.1. The van der Waals surface area contributed by atoms with Gasteiger partial charge in [-0.05, 0) is 82.9 Å². The van der Waals surface area contributed by atoms with Crippen molar-refractivity contribution in [2.24, 2.45) is 7.05 Å². The Balaban J connectivity index is 1.78. The first-order valence-corrected chi connectivity index (χ1v) is 11.4. The van der Waals surface area contributed by atoms with Crippen molar-refractivity contribution in [3.05, 3.63) is 76.0 Å². The molecular weight excluding hydrogens is 362 g/mol. The fourth-order valence-electron chi connectivity index (χ4n) is 5.88. The van der Waals surface area contributed by atoms with E-state index in [0.717, 1.165) is 6.42 Å². The second-order valence-corrected chi connectivity index (χ2v) is 10.9. The average Bonchev–Trinajstić information content (AvgIpc) is 3.05. The number of fused-ring (bicyclic) bond motifs is 4. The van der Waals surface area contributed by atoms with Crippen LogP contribution in [0.4, 0.5) is 0 Å². The summed E-state index contributed by atoms with van der Waals surface area (Å²) < 4.78 is 2.39. The van der Waals surface area contributed by atoms with Crippen LogP contribution in [0, 0.1) is 13.8 Å². The molecule has 1 heteroatoms. The van der Waals surface area contributed by atoms with Crippen molar-refractivity contribution in [3.8, 4) is 22.4 Å². The van der Waals surface area contributed by atoms with Gasteiger partial charge in [0.1, 0.15) is 7.05 Å². The number of hydrogen-bond acceptors (Lipinski definition) is 0. The molecule has 3 aromatic rings. The number of hydrogen-bond donors (Lipinski definition) is 0. The predicted octanol–water partition coefficient (Wildman–Crippen LogP) is 6.72. The van der Waals surface area contributed by atoms with Crippen molar-refractivity contribution in [3.63, 3.8) is 0 Å². The molecule has 0 saturated carbocycles. The largest absolute Gasteiger partial charge is 0.213 e. The molecule has 1 heterocycles. The minimum atomic E-state index is 0.222. The van der Waals surface area contributed by atoms with Crippen molar-refractivity contribution in [2.75, 3.05) is 0 Å². The Labute approximate surface area is 181 Å². The van der Waals surface area contributed by atoms with Crippen LogP contribution in [0.1, 0.15) is 73.9 Å². The SMILES string of the molecule is Cc1cccc2c1-c1ccc(C)c(-c3cc4c(c[n+]3C)C(C)(C)CCC4(C)C)c1C2. The van der Waals surface area contributed by atoms with Crippen LogP contribution < -0.4 is 4.57 Å². The molecule has 0 aliphatic heterocycles. The van der Waals surface area contributed by atoms with E-state index >= 15 is 0 Å². The highest BCUT2D eigenvalue weighted by Crippen LogP contribution is 2.48. The Morgan fingerprint density at radius 1 is 0.800 bits per heavy atom. The topological polar surface area (TPSA) is 3.88 Å². The molecule has 2 aliphatic carbocycles. The normalized spacial score (nSPS) is 18.0. The summed E-state index contributed by atoms with van der Waals surface area (Å²) in [5.41, 5.74) is 14.9. The molecule has 1 aromatic heterocycles. The highest BCUT2D eigenvalue weighted by Gasteiger charge is 2.40. The summed E-state index contributed by atoms with van der Waals surface area (Å²) >= 11 is 0. The molecule has 1 nitrogen and oxygen atoms in total. The van der Waals surface area contributed by atoms with Gasteiger partial charge in [0, 0.05) is 11.6 Å². The van der Waals surface area contributed by atoms with Gasteiger partial charge in [0.05, 0.1) is 5.56 Å². The lowest BCUT2D eigenvalue weighted by Crippen LogP contribution is -2.40. The maximum atomic E-state index is 2.52. The number of pyridine rings is 1. The van der Waals surface area contributed by atoms with Crippen LogP contribution in [0.5, 0.6) is 0 Å². The van der Waals surface area contributed by atoms with Gasteiger partial charge in [-0.15, -0.1) is 0 Å². The van der Waals surface area contributed by atoms with E-state index < -0.39 is 0 Å². The van der Waals surface area contributed by atoms with Crippen LogP contribution in [-0.2, 0) is 24.3 Å². The van der Waals surface area contributed by atoms with E-state index in [-0.39, 0.29) is 10.8 Å². The Hall–Kier alpha value is -2.41. The number of rotatable bonds is 1. The molecular formula is C29H34N+. The predicted molar refractivity (Wildman–Crippen MR) is 126 cm³/mol. The summed E-state index contributed by atoms with van der Waals surface area (Å²) in [7, 11) is 2.24. The second-order valence-electron chi connectivity index (χ2n) is 10.9. The fraction of sp³-hybridized carbons (Fsp3) is 0.414. The van der Waals surface area contributed by atoms with Crippen LogP contribution in [0.25, 0.3) is 22.4 Å². The number of aromatic nitrogens is 1. The highest BCUT2D eigenvalue weighted by molar-refractivity contribution is 5.86. The zero-order valence-corrected chi connectivity index (χ0v) is 19.6. The van der Waals surface area contributed by atoms with Gasteiger partial charge in [0.15, 0.2) is 6.20 Å². The lowest BCUT2D eigenvalue weighted by molar-refractivity contribution is -0.661. The van der Waals surface area contributed by atoms with Gasteiger partial charge in [0.25, 0.3) is 0 Å². The van der Waals surface area contributed by atoms with E-state index in [1.54, 1.807) is 0 Å². The summed E-state index contributed by atoms with van der Waals surface area (Å²) in [6, 6.07) is 13.9. The molecule has 0 unspecified atom stereocenters. The minimum absolute atomic E-state index is 0.222. The molecule has 0 fully saturated rings. The zero-order valence-electron chi connectivity index (χ0n) is 19.6. The third-order valence-corrected chi connectivity index (χ3v) is 7.88. The lowest BCUT2D eigenvalue weighted by atomic mass is 9.63. The van der Waals surface area contributed by atoms with Crippen molar-refractivity contribution in [1.29, 1.82) is 0 Å². The zero-order chi connectivity index (χ0) is 21.4. The Bertz CT molecular complexity index is 1190. The van der Waals surface area contributed by atoms with Crippen molar-refractivity contribution >= 4 is 0 Å².